The van der Waals surface area contributed by atoms with Crippen LogP contribution in [0.15, 0.2) is 102 Å². The molecule has 8 nitrogen and oxygen atoms in total. The van der Waals surface area contributed by atoms with Gasteiger partial charge in [-0.05, 0) is 41.0 Å². The van der Waals surface area contributed by atoms with Crippen LogP contribution in [0.2, 0.25) is 5.02 Å². The molecule has 1 spiro atoms. The number of hydrazone groups is 1. The molecular weight excluding hydrogens is 542 g/mol. The Morgan fingerprint density at radius 2 is 1.54 bits per heavy atom. The second kappa shape index (κ2) is 9.04. The average Bonchev–Trinajstić information content (AvgIpc) is 3.43. The first-order chi connectivity index (χ1) is 19.8. The third-order valence-corrected chi connectivity index (χ3v) is 8.67. The zero-order valence-electron chi connectivity index (χ0n) is 21.3. The van der Waals surface area contributed by atoms with E-state index in [0.717, 1.165) is 5.56 Å². The summed E-state index contributed by atoms with van der Waals surface area (Å²) in [4.78, 5) is 55.1. The molecule has 7 rings (SSSR count). The van der Waals surface area contributed by atoms with Crippen LogP contribution in [-0.4, -0.2) is 39.5 Å². The molecule has 0 amide bonds. The Hall–Kier alpha value is -4.95. The van der Waals surface area contributed by atoms with Crippen molar-refractivity contribution in [1.82, 2.24) is 5.01 Å². The maximum absolute atomic E-state index is 14.7. The molecule has 3 aliphatic rings. The molecule has 4 aromatic rings. The fourth-order valence-corrected chi connectivity index (χ4v) is 6.89. The van der Waals surface area contributed by atoms with E-state index in [1.807, 2.05) is 24.3 Å². The lowest BCUT2D eigenvalue weighted by atomic mass is 9.63. The fourth-order valence-electron chi connectivity index (χ4n) is 6.77. The fraction of sp³-hybridized carbons (Fsp3) is 0.125. The zero-order chi connectivity index (χ0) is 28.5. The number of hydrogen-bond donors (Lipinski definition) is 0. The summed E-state index contributed by atoms with van der Waals surface area (Å²) in [7, 11) is 0. The molecule has 0 bridgehead atoms. The van der Waals surface area contributed by atoms with Crippen molar-refractivity contribution in [3.05, 3.63) is 146 Å². The minimum Gasteiger partial charge on any atom is -0.293 e. The number of nitro groups is 1. The van der Waals surface area contributed by atoms with E-state index in [1.54, 1.807) is 65.8 Å². The summed E-state index contributed by atoms with van der Waals surface area (Å²) in [6.45, 7) is 0. The summed E-state index contributed by atoms with van der Waals surface area (Å²) >= 11 is 6.10. The molecule has 9 heteroatoms. The number of carbonyl (C=O) groups is 3. The quantitative estimate of drug-likeness (QED) is 0.130. The highest BCUT2D eigenvalue weighted by molar-refractivity contribution is 6.32. The normalized spacial score (nSPS) is 21.5. The first kappa shape index (κ1) is 25.0. The molecule has 0 aromatic heterocycles. The molecule has 41 heavy (non-hydrogen) atoms. The number of halogens is 1. The average molecular weight is 562 g/mol. The molecule has 0 saturated carbocycles. The molecule has 200 valence electrons. The van der Waals surface area contributed by atoms with E-state index in [9.17, 15) is 24.5 Å². The zero-order valence-corrected chi connectivity index (χ0v) is 22.1. The van der Waals surface area contributed by atoms with Crippen molar-refractivity contribution in [2.75, 3.05) is 0 Å². The van der Waals surface area contributed by atoms with Gasteiger partial charge in [0.2, 0.25) is 0 Å². The van der Waals surface area contributed by atoms with E-state index in [4.69, 9.17) is 11.6 Å². The number of nitro benzene ring substituents is 1. The van der Waals surface area contributed by atoms with Crippen LogP contribution in [0.1, 0.15) is 59.7 Å². The number of fused-ring (bicyclic) bond motifs is 5. The third-order valence-electron chi connectivity index (χ3n) is 8.41. The molecule has 4 aromatic carbocycles. The van der Waals surface area contributed by atoms with Gasteiger partial charge in [-0.3, -0.25) is 29.5 Å². The lowest BCUT2D eigenvalue weighted by Crippen LogP contribution is -2.43. The van der Waals surface area contributed by atoms with Gasteiger partial charge in [0.25, 0.3) is 5.69 Å². The summed E-state index contributed by atoms with van der Waals surface area (Å²) in [5.41, 5.74) is 0.567. The number of nitrogens with zero attached hydrogens (tertiary/aromatic N) is 3. The van der Waals surface area contributed by atoms with Crippen molar-refractivity contribution < 1.29 is 19.3 Å². The molecule has 1 fully saturated rings. The van der Waals surface area contributed by atoms with Crippen molar-refractivity contribution in [2.24, 2.45) is 10.5 Å². The molecule has 3 atom stereocenters. The topological polar surface area (TPSA) is 110 Å². The largest absolute Gasteiger partial charge is 0.293 e. The summed E-state index contributed by atoms with van der Waals surface area (Å²) in [6.07, 6.45) is 1.62. The maximum atomic E-state index is 14.7. The number of Topliss-reactive ketones (excluding diaryl/α,β-unsaturated/α-hetero) is 3. The van der Waals surface area contributed by atoms with Gasteiger partial charge in [-0.2, -0.15) is 5.10 Å². The van der Waals surface area contributed by atoms with Crippen molar-refractivity contribution >= 4 is 40.9 Å². The number of benzene rings is 4. The molecule has 1 unspecified atom stereocenters. The van der Waals surface area contributed by atoms with E-state index in [-0.39, 0.29) is 22.6 Å². The molecule has 1 saturated heterocycles. The minimum absolute atomic E-state index is 0.209. The van der Waals surface area contributed by atoms with Gasteiger partial charge in [-0.15, -0.1) is 0 Å². The van der Waals surface area contributed by atoms with E-state index < -0.39 is 39.9 Å². The first-order valence-electron chi connectivity index (χ1n) is 13.0. The van der Waals surface area contributed by atoms with Crippen LogP contribution >= 0.6 is 11.6 Å². The van der Waals surface area contributed by atoms with Gasteiger partial charge < -0.3 is 0 Å². The van der Waals surface area contributed by atoms with Gasteiger partial charge in [-0.1, -0.05) is 72.3 Å². The van der Waals surface area contributed by atoms with Crippen molar-refractivity contribution in [3.8, 4) is 0 Å². The van der Waals surface area contributed by atoms with Gasteiger partial charge in [0.1, 0.15) is 11.5 Å². The lowest BCUT2D eigenvalue weighted by Gasteiger charge is -2.36. The van der Waals surface area contributed by atoms with Crippen LogP contribution in [-0.2, 0) is 0 Å². The Kier molecular flexibility index (Phi) is 5.52. The Balaban J connectivity index is 1.56. The second-order valence-electron chi connectivity index (χ2n) is 10.4. The maximum Gasteiger partial charge on any atom is 0.269 e. The van der Waals surface area contributed by atoms with Crippen LogP contribution in [0.4, 0.5) is 5.69 Å². The van der Waals surface area contributed by atoms with Gasteiger partial charge in [-0.25, -0.2) is 0 Å². The smallest absolute Gasteiger partial charge is 0.269 e. The van der Waals surface area contributed by atoms with Crippen molar-refractivity contribution in [3.63, 3.8) is 0 Å². The van der Waals surface area contributed by atoms with E-state index >= 15 is 0 Å². The standard InChI is InChI=1S/C32H20ClN3O5/c33-21-14-12-18(13-15-21)28(37)27-26(19-7-5-8-22(16-19)36(40)41)32(30(38)24-10-3-4-11-25(24)31(32)39)29-23-9-2-1-6-20(23)17-34-35(27)29/h1-17,26-27,29H/t26-,27+,29?/m0/s1. The minimum atomic E-state index is -1.81. The first-order valence-corrected chi connectivity index (χ1v) is 13.4. The number of hydrogen-bond acceptors (Lipinski definition) is 7. The van der Waals surface area contributed by atoms with Crippen molar-refractivity contribution in [2.45, 2.75) is 18.0 Å². The Morgan fingerprint density at radius 3 is 2.22 bits per heavy atom. The number of non-ortho nitro benzene ring substituents is 1. The summed E-state index contributed by atoms with van der Waals surface area (Å²) < 4.78 is 0. The van der Waals surface area contributed by atoms with E-state index in [0.29, 0.717) is 21.7 Å². The molecule has 2 aliphatic heterocycles. The molecule has 2 heterocycles. The van der Waals surface area contributed by atoms with E-state index in [2.05, 4.69) is 5.10 Å². The lowest BCUT2D eigenvalue weighted by molar-refractivity contribution is -0.384. The highest BCUT2D eigenvalue weighted by Crippen LogP contribution is 2.64. The van der Waals surface area contributed by atoms with Gasteiger partial charge >= 0.3 is 0 Å². The van der Waals surface area contributed by atoms with E-state index in [1.165, 1.54) is 18.2 Å². The Labute approximate surface area is 239 Å². The number of rotatable bonds is 4. The van der Waals surface area contributed by atoms with Crippen LogP contribution in [0.3, 0.4) is 0 Å². The summed E-state index contributed by atoms with van der Waals surface area (Å²) in [5, 5.41) is 18.5. The van der Waals surface area contributed by atoms with Gasteiger partial charge in [0.15, 0.2) is 17.3 Å². The molecule has 0 radical (unpaired) electrons. The predicted molar refractivity (Wildman–Crippen MR) is 152 cm³/mol. The van der Waals surface area contributed by atoms with Gasteiger partial charge in [0.05, 0.1) is 17.2 Å². The summed E-state index contributed by atoms with van der Waals surface area (Å²) in [5.74, 6) is -2.33. The molecule has 1 aliphatic carbocycles. The SMILES string of the molecule is O=C(c1ccc(Cl)cc1)[C@H]1[C@H](c2cccc([N+](=O)[O-])c2)C2(C(=O)c3ccccc3C2=O)C2c3ccccc3C=NN21. The third kappa shape index (κ3) is 3.40. The second-order valence-corrected chi connectivity index (χ2v) is 10.8. The van der Waals surface area contributed by atoms with Crippen molar-refractivity contribution in [1.29, 1.82) is 0 Å². The van der Waals surface area contributed by atoms with Crippen LogP contribution < -0.4 is 0 Å². The highest BCUT2D eigenvalue weighted by Gasteiger charge is 2.72. The van der Waals surface area contributed by atoms with Gasteiger partial charge in [0, 0.05) is 39.8 Å². The Morgan fingerprint density at radius 1 is 0.878 bits per heavy atom. The number of ketones is 3. The summed E-state index contributed by atoms with van der Waals surface area (Å²) in [6, 6.07) is 24.1. The molecule has 0 N–H and O–H groups in total. The number of carbonyl (C=O) groups excluding carboxylic acids is 3. The highest BCUT2D eigenvalue weighted by atomic mass is 35.5. The van der Waals surface area contributed by atoms with Crippen LogP contribution in [0.25, 0.3) is 0 Å². The predicted octanol–water partition coefficient (Wildman–Crippen LogP) is 6.05. The Bertz CT molecular complexity index is 1800. The molecular formula is C32H20ClN3O5. The van der Waals surface area contributed by atoms with Crippen LogP contribution in [0.5, 0.6) is 0 Å². The van der Waals surface area contributed by atoms with Crippen LogP contribution in [0, 0.1) is 15.5 Å². The monoisotopic (exact) mass is 561 g/mol.